The minimum Gasteiger partial charge on any atom is -0.315 e. The Morgan fingerprint density at radius 2 is 1.95 bits per heavy atom. The summed E-state index contributed by atoms with van der Waals surface area (Å²) in [6, 6.07) is 11.4. The van der Waals surface area contributed by atoms with Crippen molar-refractivity contribution in [1.29, 1.82) is 0 Å². The van der Waals surface area contributed by atoms with Gasteiger partial charge in [-0.25, -0.2) is 0 Å². The Balaban J connectivity index is 2.06. The summed E-state index contributed by atoms with van der Waals surface area (Å²) in [6.45, 7) is 7.92. The quantitative estimate of drug-likeness (QED) is 0.889. The van der Waals surface area contributed by atoms with E-state index in [-0.39, 0.29) is 0 Å². The summed E-state index contributed by atoms with van der Waals surface area (Å²) >= 11 is 0. The van der Waals surface area contributed by atoms with Crippen LogP contribution in [0, 0.1) is 5.92 Å². The summed E-state index contributed by atoms with van der Waals surface area (Å²) in [5, 5.41) is 3.60. The minimum atomic E-state index is 0.597. The first-order chi connectivity index (χ1) is 9.15. The predicted molar refractivity (Wildman–Crippen MR) is 81.2 cm³/mol. The summed E-state index contributed by atoms with van der Waals surface area (Å²) in [4.78, 5) is 4.93. The number of nitrogens with one attached hydrogen (secondary N) is 1. The molecule has 106 valence electrons. The molecule has 2 unspecified atom stereocenters. The van der Waals surface area contributed by atoms with Crippen LogP contribution in [0.3, 0.4) is 0 Å². The molecule has 1 aromatic carbocycles. The number of hydrogen-bond acceptors (Lipinski definition) is 3. The van der Waals surface area contributed by atoms with Crippen LogP contribution in [0.25, 0.3) is 0 Å². The zero-order valence-electron chi connectivity index (χ0n) is 12.5. The smallest absolute Gasteiger partial charge is 0.0351 e. The number of likely N-dealkylation sites (N-methyl/N-ethyl adjacent to an activating group) is 1. The molecule has 2 rings (SSSR count). The predicted octanol–water partition coefficient (Wildman–Crippen LogP) is 1.66. The van der Waals surface area contributed by atoms with Gasteiger partial charge in [-0.2, -0.15) is 0 Å². The summed E-state index contributed by atoms with van der Waals surface area (Å²) in [6.07, 6.45) is 0. The topological polar surface area (TPSA) is 18.5 Å². The molecule has 1 aliphatic rings. The maximum atomic E-state index is 3.60. The van der Waals surface area contributed by atoms with Crippen molar-refractivity contribution in [2.75, 3.05) is 40.3 Å². The molecule has 0 aromatic heterocycles. The van der Waals surface area contributed by atoms with Gasteiger partial charge in [-0.3, -0.25) is 4.90 Å². The van der Waals surface area contributed by atoms with E-state index in [1.807, 2.05) is 0 Å². The van der Waals surface area contributed by atoms with Crippen LogP contribution in [0.2, 0.25) is 0 Å². The Kier molecular flexibility index (Phi) is 5.37. The minimum absolute atomic E-state index is 0.597. The molecule has 1 fully saturated rings. The Labute approximate surface area is 117 Å². The lowest BCUT2D eigenvalue weighted by Crippen LogP contribution is -2.45. The first kappa shape index (κ1) is 14.5. The average Bonchev–Trinajstić information content (AvgIpc) is 2.53. The van der Waals surface area contributed by atoms with Crippen LogP contribution in [0.5, 0.6) is 0 Å². The van der Waals surface area contributed by atoms with Gasteiger partial charge in [-0.15, -0.1) is 0 Å². The highest BCUT2D eigenvalue weighted by Crippen LogP contribution is 2.14. The van der Waals surface area contributed by atoms with Crippen LogP contribution >= 0.6 is 0 Å². The lowest BCUT2D eigenvalue weighted by molar-refractivity contribution is 0.153. The summed E-state index contributed by atoms with van der Waals surface area (Å²) in [7, 11) is 4.32. The van der Waals surface area contributed by atoms with Crippen LogP contribution in [0.1, 0.15) is 12.5 Å². The Hall–Kier alpha value is -0.900. The second-order valence-corrected chi connectivity index (χ2v) is 6.09. The van der Waals surface area contributed by atoms with Crippen LogP contribution < -0.4 is 5.32 Å². The number of benzene rings is 1. The largest absolute Gasteiger partial charge is 0.315 e. The normalized spacial score (nSPS) is 25.5. The van der Waals surface area contributed by atoms with Gasteiger partial charge in [-0.05, 0) is 32.1 Å². The van der Waals surface area contributed by atoms with Crippen molar-refractivity contribution in [3.8, 4) is 0 Å². The second-order valence-electron chi connectivity index (χ2n) is 6.09. The van der Waals surface area contributed by atoms with Crippen molar-refractivity contribution in [3.63, 3.8) is 0 Å². The van der Waals surface area contributed by atoms with Crippen molar-refractivity contribution in [2.45, 2.75) is 19.5 Å². The van der Waals surface area contributed by atoms with E-state index in [9.17, 15) is 0 Å². The van der Waals surface area contributed by atoms with Gasteiger partial charge in [0.25, 0.3) is 0 Å². The van der Waals surface area contributed by atoms with Crippen molar-refractivity contribution < 1.29 is 0 Å². The van der Waals surface area contributed by atoms with E-state index in [0.29, 0.717) is 6.04 Å². The van der Waals surface area contributed by atoms with E-state index in [1.165, 1.54) is 12.1 Å². The molecule has 19 heavy (non-hydrogen) atoms. The number of rotatable bonds is 4. The van der Waals surface area contributed by atoms with Crippen LogP contribution in [0.15, 0.2) is 30.3 Å². The Bertz CT molecular complexity index is 364. The third-order valence-electron chi connectivity index (χ3n) is 3.74. The molecule has 0 saturated carbocycles. The highest BCUT2D eigenvalue weighted by Gasteiger charge is 2.24. The fourth-order valence-electron chi connectivity index (χ4n) is 2.85. The fourth-order valence-corrected chi connectivity index (χ4v) is 2.85. The third kappa shape index (κ3) is 4.60. The SMILES string of the molecule is CC1CNCC(CN(C)C)N(Cc2ccccc2)C1. The third-order valence-corrected chi connectivity index (χ3v) is 3.74. The first-order valence-electron chi connectivity index (χ1n) is 7.28. The first-order valence-corrected chi connectivity index (χ1v) is 7.28. The van der Waals surface area contributed by atoms with Gasteiger partial charge in [0.2, 0.25) is 0 Å². The summed E-state index contributed by atoms with van der Waals surface area (Å²) in [5.74, 6) is 0.718. The van der Waals surface area contributed by atoms with Gasteiger partial charge in [-0.1, -0.05) is 37.3 Å². The molecule has 2 atom stereocenters. The lowest BCUT2D eigenvalue weighted by Gasteiger charge is -2.32. The molecule has 3 nitrogen and oxygen atoms in total. The van der Waals surface area contributed by atoms with E-state index >= 15 is 0 Å². The maximum absolute atomic E-state index is 3.60. The molecule has 0 aliphatic carbocycles. The van der Waals surface area contributed by atoms with Gasteiger partial charge >= 0.3 is 0 Å². The molecule has 1 N–H and O–H groups in total. The van der Waals surface area contributed by atoms with E-state index in [0.717, 1.165) is 32.1 Å². The average molecular weight is 261 g/mol. The summed E-state index contributed by atoms with van der Waals surface area (Å²) in [5.41, 5.74) is 1.42. The highest BCUT2D eigenvalue weighted by atomic mass is 15.2. The molecular formula is C16H27N3. The fraction of sp³-hybridized carbons (Fsp3) is 0.625. The van der Waals surface area contributed by atoms with E-state index in [4.69, 9.17) is 0 Å². The zero-order chi connectivity index (χ0) is 13.7. The number of nitrogens with zero attached hydrogens (tertiary/aromatic N) is 2. The maximum Gasteiger partial charge on any atom is 0.0351 e. The van der Waals surface area contributed by atoms with Crippen LogP contribution in [-0.2, 0) is 6.54 Å². The standard InChI is InChI=1S/C16H27N3/c1-14-9-17-10-16(13-18(2)3)19(11-14)12-15-7-5-4-6-8-15/h4-8,14,16-17H,9-13H2,1-3H3. The van der Waals surface area contributed by atoms with E-state index in [2.05, 4.69) is 66.5 Å². The zero-order valence-corrected chi connectivity index (χ0v) is 12.5. The summed E-state index contributed by atoms with van der Waals surface area (Å²) < 4.78 is 0. The molecule has 0 spiro atoms. The van der Waals surface area contributed by atoms with Crippen LogP contribution in [0.4, 0.5) is 0 Å². The van der Waals surface area contributed by atoms with Gasteiger partial charge in [0.1, 0.15) is 0 Å². The lowest BCUT2D eigenvalue weighted by atomic mass is 10.1. The highest BCUT2D eigenvalue weighted by molar-refractivity contribution is 5.14. The van der Waals surface area contributed by atoms with Gasteiger partial charge in [0.05, 0.1) is 0 Å². The molecule has 1 saturated heterocycles. The van der Waals surface area contributed by atoms with Gasteiger partial charge < -0.3 is 10.2 Å². The van der Waals surface area contributed by atoms with Crippen molar-refractivity contribution in [1.82, 2.24) is 15.1 Å². The van der Waals surface area contributed by atoms with Crippen molar-refractivity contribution >= 4 is 0 Å². The number of hydrogen-bond donors (Lipinski definition) is 1. The Morgan fingerprint density at radius 3 is 2.63 bits per heavy atom. The molecule has 1 aliphatic heterocycles. The molecule has 0 bridgehead atoms. The molecule has 3 heteroatoms. The Morgan fingerprint density at radius 1 is 1.21 bits per heavy atom. The van der Waals surface area contributed by atoms with Crippen molar-refractivity contribution in [2.24, 2.45) is 5.92 Å². The molecule has 0 amide bonds. The molecule has 1 heterocycles. The molecular weight excluding hydrogens is 234 g/mol. The van der Waals surface area contributed by atoms with E-state index < -0.39 is 0 Å². The van der Waals surface area contributed by atoms with Crippen molar-refractivity contribution in [3.05, 3.63) is 35.9 Å². The second kappa shape index (κ2) is 7.04. The van der Waals surface area contributed by atoms with E-state index in [1.54, 1.807) is 0 Å². The molecule has 1 aromatic rings. The molecule has 0 radical (unpaired) electrons. The van der Waals surface area contributed by atoms with Crippen LogP contribution in [-0.4, -0.2) is 56.1 Å². The van der Waals surface area contributed by atoms with Gasteiger partial charge in [0, 0.05) is 32.2 Å². The van der Waals surface area contributed by atoms with Gasteiger partial charge in [0.15, 0.2) is 0 Å². The monoisotopic (exact) mass is 261 g/mol.